The largest absolute Gasteiger partial charge is 0.450 e. The third kappa shape index (κ3) is 3.14. The van der Waals surface area contributed by atoms with Crippen molar-refractivity contribution in [2.75, 3.05) is 5.32 Å². The molecule has 0 unspecified atom stereocenters. The number of fused-ring (bicyclic) bond motifs is 2. The zero-order chi connectivity index (χ0) is 20.7. The number of esters is 1. The van der Waals surface area contributed by atoms with E-state index in [0.717, 1.165) is 11.1 Å². The first-order chi connectivity index (χ1) is 14.5. The molecule has 2 aliphatic rings. The Balaban J connectivity index is 1.24. The van der Waals surface area contributed by atoms with E-state index in [1.54, 1.807) is 36.7 Å². The molecule has 1 amide bonds. The fourth-order valence-electron chi connectivity index (χ4n) is 4.33. The number of aromatic nitrogens is 3. The summed E-state index contributed by atoms with van der Waals surface area (Å²) in [5.74, 6) is -0.520. The highest BCUT2D eigenvalue weighted by molar-refractivity contribution is 5.95. The summed E-state index contributed by atoms with van der Waals surface area (Å²) in [6.07, 6.45) is 5.64. The van der Waals surface area contributed by atoms with Crippen LogP contribution in [-0.2, 0) is 15.1 Å². The van der Waals surface area contributed by atoms with Crippen LogP contribution in [0.3, 0.4) is 0 Å². The lowest BCUT2D eigenvalue weighted by Gasteiger charge is -2.35. The van der Waals surface area contributed by atoms with Crippen LogP contribution in [0.5, 0.6) is 0 Å². The fourth-order valence-corrected chi connectivity index (χ4v) is 4.33. The lowest BCUT2D eigenvalue weighted by Crippen LogP contribution is -2.36. The second-order valence-electron chi connectivity index (χ2n) is 7.74. The zero-order valence-electron chi connectivity index (χ0n) is 16.0. The Hall–Kier alpha value is -3.55. The van der Waals surface area contributed by atoms with Gasteiger partial charge in [0, 0.05) is 29.9 Å². The molecule has 3 heterocycles. The minimum absolute atomic E-state index is 0.113. The monoisotopic (exact) mass is 406 g/mol. The van der Waals surface area contributed by atoms with Gasteiger partial charge in [0.05, 0.1) is 11.3 Å². The van der Waals surface area contributed by atoms with E-state index in [0.29, 0.717) is 42.8 Å². The van der Waals surface area contributed by atoms with Gasteiger partial charge in [0.1, 0.15) is 11.4 Å². The summed E-state index contributed by atoms with van der Waals surface area (Å²) in [5.41, 5.74) is 2.19. The Morgan fingerprint density at radius 3 is 2.73 bits per heavy atom. The van der Waals surface area contributed by atoms with Crippen LogP contribution < -0.4 is 5.32 Å². The number of aromatic amines is 1. The minimum Gasteiger partial charge on any atom is -0.450 e. The molecule has 152 valence electrons. The second kappa shape index (κ2) is 7.05. The van der Waals surface area contributed by atoms with E-state index >= 15 is 0 Å². The van der Waals surface area contributed by atoms with Crippen LogP contribution in [0.1, 0.15) is 41.6 Å². The number of H-pyrrole nitrogens is 1. The highest BCUT2D eigenvalue weighted by atomic mass is 19.1. The summed E-state index contributed by atoms with van der Waals surface area (Å²) >= 11 is 0. The molecular formula is C22H19FN4O3. The Morgan fingerprint density at radius 2 is 1.97 bits per heavy atom. The van der Waals surface area contributed by atoms with Gasteiger partial charge in [0.2, 0.25) is 5.91 Å². The standard InChI is InChI=1S/C22H19FN4O3/c23-15-3-1-13(2-4-15)18-11-19(27-26-18)25-20(28)14-5-8-22(9-6-14)17-12-24-10-7-16(17)21(29)30-22/h1-4,7,10-12,14H,5-6,8-9H2,(H2,25,26,27,28). The van der Waals surface area contributed by atoms with Crippen LogP contribution in [-0.4, -0.2) is 27.1 Å². The Morgan fingerprint density at radius 1 is 1.20 bits per heavy atom. The first-order valence-corrected chi connectivity index (χ1v) is 9.84. The van der Waals surface area contributed by atoms with Gasteiger partial charge in [-0.3, -0.25) is 14.9 Å². The minimum atomic E-state index is -0.667. The van der Waals surface area contributed by atoms with Crippen molar-refractivity contribution in [3.05, 3.63) is 65.7 Å². The van der Waals surface area contributed by atoms with Crippen molar-refractivity contribution < 1.29 is 18.7 Å². The number of rotatable bonds is 3. The van der Waals surface area contributed by atoms with Gasteiger partial charge in [0.15, 0.2) is 5.82 Å². The van der Waals surface area contributed by atoms with E-state index in [2.05, 4.69) is 20.5 Å². The van der Waals surface area contributed by atoms with Gasteiger partial charge in [-0.2, -0.15) is 5.10 Å². The molecule has 7 nitrogen and oxygen atoms in total. The van der Waals surface area contributed by atoms with Crippen LogP contribution in [0.2, 0.25) is 0 Å². The summed E-state index contributed by atoms with van der Waals surface area (Å²) in [7, 11) is 0. The number of hydrogen-bond acceptors (Lipinski definition) is 5. The summed E-state index contributed by atoms with van der Waals surface area (Å²) in [4.78, 5) is 29.0. The van der Waals surface area contributed by atoms with E-state index in [1.807, 2.05) is 0 Å². The van der Waals surface area contributed by atoms with E-state index in [1.165, 1.54) is 12.1 Å². The molecule has 1 fully saturated rings. The summed E-state index contributed by atoms with van der Waals surface area (Å²) in [5, 5.41) is 9.83. The zero-order valence-corrected chi connectivity index (χ0v) is 16.0. The van der Waals surface area contributed by atoms with Gasteiger partial charge < -0.3 is 10.1 Å². The van der Waals surface area contributed by atoms with Gasteiger partial charge >= 0.3 is 5.97 Å². The molecule has 0 bridgehead atoms. The molecule has 2 N–H and O–H groups in total. The van der Waals surface area contributed by atoms with E-state index in [4.69, 9.17) is 4.74 Å². The second-order valence-corrected chi connectivity index (χ2v) is 7.74. The third-order valence-electron chi connectivity index (χ3n) is 5.97. The lowest BCUT2D eigenvalue weighted by molar-refractivity contribution is -0.122. The number of benzene rings is 1. The number of ether oxygens (including phenoxy) is 1. The molecule has 5 rings (SSSR count). The first-order valence-electron chi connectivity index (χ1n) is 9.84. The van der Waals surface area contributed by atoms with Crippen molar-refractivity contribution in [1.82, 2.24) is 15.2 Å². The van der Waals surface area contributed by atoms with Gasteiger partial charge in [-0.25, -0.2) is 9.18 Å². The number of halogens is 1. The number of nitrogens with one attached hydrogen (secondary N) is 2. The highest BCUT2D eigenvalue weighted by Gasteiger charge is 2.48. The van der Waals surface area contributed by atoms with Crippen molar-refractivity contribution in [3.63, 3.8) is 0 Å². The van der Waals surface area contributed by atoms with Gasteiger partial charge in [-0.15, -0.1) is 0 Å². The number of amides is 1. The summed E-state index contributed by atoms with van der Waals surface area (Å²) in [6.45, 7) is 0. The first kappa shape index (κ1) is 18.5. The van der Waals surface area contributed by atoms with Gasteiger partial charge in [-0.1, -0.05) is 0 Å². The average Bonchev–Trinajstić information content (AvgIpc) is 3.33. The number of carbonyl (C=O) groups excluding carboxylic acids is 2. The van der Waals surface area contributed by atoms with Crippen molar-refractivity contribution in [3.8, 4) is 11.3 Å². The number of nitrogens with zero attached hydrogens (tertiary/aromatic N) is 2. The number of hydrogen-bond donors (Lipinski definition) is 2. The maximum Gasteiger partial charge on any atom is 0.339 e. The van der Waals surface area contributed by atoms with E-state index < -0.39 is 5.60 Å². The molecule has 1 aliphatic carbocycles. The highest BCUT2D eigenvalue weighted by Crippen LogP contribution is 2.47. The molecule has 0 radical (unpaired) electrons. The van der Waals surface area contributed by atoms with Crippen molar-refractivity contribution in [1.29, 1.82) is 0 Å². The molecule has 0 atom stereocenters. The predicted octanol–water partition coefficient (Wildman–Crippen LogP) is 3.81. The normalized spacial score (nSPS) is 22.6. The molecular weight excluding hydrogens is 387 g/mol. The van der Waals surface area contributed by atoms with Crippen molar-refractivity contribution in [2.24, 2.45) is 5.92 Å². The van der Waals surface area contributed by atoms with E-state index in [9.17, 15) is 14.0 Å². The quantitative estimate of drug-likeness (QED) is 0.645. The van der Waals surface area contributed by atoms with Gasteiger partial charge in [0.25, 0.3) is 0 Å². The summed E-state index contributed by atoms with van der Waals surface area (Å²) in [6, 6.07) is 9.43. The average molecular weight is 406 g/mol. The topological polar surface area (TPSA) is 97.0 Å². The Bertz CT molecular complexity index is 1120. The maximum absolute atomic E-state index is 13.1. The smallest absolute Gasteiger partial charge is 0.339 e. The Labute approximate surface area is 171 Å². The predicted molar refractivity (Wildman–Crippen MR) is 106 cm³/mol. The van der Waals surface area contributed by atoms with Crippen molar-refractivity contribution >= 4 is 17.7 Å². The van der Waals surface area contributed by atoms with Crippen LogP contribution in [0.25, 0.3) is 11.3 Å². The molecule has 1 saturated carbocycles. The van der Waals surface area contributed by atoms with Crippen LogP contribution in [0.15, 0.2) is 48.8 Å². The third-order valence-corrected chi connectivity index (χ3v) is 5.97. The molecule has 3 aromatic rings. The molecule has 0 saturated heterocycles. The van der Waals surface area contributed by atoms with Gasteiger partial charge in [-0.05, 0) is 61.6 Å². The lowest BCUT2D eigenvalue weighted by atomic mass is 9.75. The summed E-state index contributed by atoms with van der Waals surface area (Å²) < 4.78 is 18.8. The molecule has 1 aliphatic heterocycles. The number of pyridine rings is 1. The Kier molecular flexibility index (Phi) is 4.34. The van der Waals surface area contributed by atoms with Crippen LogP contribution in [0.4, 0.5) is 10.2 Å². The molecule has 1 aromatic carbocycles. The molecule has 2 aromatic heterocycles. The maximum atomic E-state index is 13.1. The van der Waals surface area contributed by atoms with Crippen LogP contribution in [0, 0.1) is 11.7 Å². The fraction of sp³-hybridized carbons (Fsp3) is 0.273. The van der Waals surface area contributed by atoms with E-state index in [-0.39, 0.29) is 23.6 Å². The molecule has 30 heavy (non-hydrogen) atoms. The number of anilines is 1. The molecule has 8 heteroatoms. The molecule has 1 spiro atoms. The van der Waals surface area contributed by atoms with Crippen LogP contribution >= 0.6 is 0 Å². The van der Waals surface area contributed by atoms with Crippen molar-refractivity contribution in [2.45, 2.75) is 31.3 Å². The number of carbonyl (C=O) groups is 2. The SMILES string of the molecule is O=C1OC2(CCC(C(=O)Nc3cc(-c4ccc(F)cc4)[nH]n3)CC2)c2cnccc21.